The zero-order chi connectivity index (χ0) is 17.8. The summed E-state index contributed by atoms with van der Waals surface area (Å²) in [5, 5.41) is 21.0. The van der Waals surface area contributed by atoms with Gasteiger partial charge in [-0.15, -0.1) is 0 Å². The van der Waals surface area contributed by atoms with Crippen molar-refractivity contribution in [2.45, 2.75) is 44.2 Å². The summed E-state index contributed by atoms with van der Waals surface area (Å²) in [6.07, 6.45) is 2.88. The maximum Gasteiger partial charge on any atom is 0.250 e. The Morgan fingerprint density at radius 3 is 2.64 bits per heavy atom. The predicted molar refractivity (Wildman–Crippen MR) is 90.9 cm³/mol. The molecule has 1 atom stereocenters. The first kappa shape index (κ1) is 16.5. The van der Waals surface area contributed by atoms with E-state index in [4.69, 9.17) is 0 Å². The van der Waals surface area contributed by atoms with Gasteiger partial charge < -0.3 is 15.7 Å². The number of aryl methyl sites for hydroxylation is 2. The minimum absolute atomic E-state index is 0.107. The SMILES string of the molecule is Cc1cc(N2CCC(NC(=O)C3(C4(O)CNC4)CCC3)C2=O)n(C)n1. The molecule has 25 heavy (non-hydrogen) atoms. The number of aliphatic hydroxyl groups is 1. The number of nitrogens with zero attached hydrogens (tertiary/aromatic N) is 3. The van der Waals surface area contributed by atoms with Crippen LogP contribution in [0.1, 0.15) is 31.4 Å². The molecule has 8 heteroatoms. The molecular weight excluding hydrogens is 322 g/mol. The van der Waals surface area contributed by atoms with Crippen LogP contribution in [0.3, 0.4) is 0 Å². The van der Waals surface area contributed by atoms with Crippen LogP contribution in [-0.2, 0) is 16.6 Å². The highest BCUT2D eigenvalue weighted by molar-refractivity contribution is 6.01. The molecule has 8 nitrogen and oxygen atoms in total. The van der Waals surface area contributed by atoms with Crippen molar-refractivity contribution in [2.24, 2.45) is 12.5 Å². The highest BCUT2D eigenvalue weighted by atomic mass is 16.3. The van der Waals surface area contributed by atoms with E-state index in [1.807, 2.05) is 20.0 Å². The van der Waals surface area contributed by atoms with Crippen molar-refractivity contribution in [3.63, 3.8) is 0 Å². The number of β-amino-alcohol motifs (C(OH)–C–C–N with tert-alkyl or cyclic N) is 1. The molecular formula is C17H25N5O3. The van der Waals surface area contributed by atoms with Gasteiger partial charge in [-0.05, 0) is 26.2 Å². The molecule has 136 valence electrons. The number of aromatic nitrogens is 2. The predicted octanol–water partition coefficient (Wildman–Crippen LogP) is -0.545. The molecule has 2 aliphatic heterocycles. The second kappa shape index (κ2) is 5.54. The summed E-state index contributed by atoms with van der Waals surface area (Å²) >= 11 is 0. The molecule has 3 N–H and O–H groups in total. The van der Waals surface area contributed by atoms with E-state index >= 15 is 0 Å². The highest BCUT2D eigenvalue weighted by Crippen LogP contribution is 2.51. The van der Waals surface area contributed by atoms with Crippen LogP contribution >= 0.6 is 0 Å². The number of rotatable bonds is 4. The molecule has 1 aliphatic carbocycles. The van der Waals surface area contributed by atoms with Crippen molar-refractivity contribution in [3.8, 4) is 0 Å². The Hall–Kier alpha value is -1.93. The Balaban J connectivity index is 1.47. The number of anilines is 1. The number of nitrogens with one attached hydrogen (secondary N) is 2. The third kappa shape index (κ3) is 2.31. The Morgan fingerprint density at radius 1 is 1.44 bits per heavy atom. The third-order valence-corrected chi connectivity index (χ3v) is 6.13. The van der Waals surface area contributed by atoms with E-state index in [2.05, 4.69) is 15.7 Å². The zero-order valence-corrected chi connectivity index (χ0v) is 14.7. The minimum Gasteiger partial charge on any atom is -0.386 e. The molecule has 0 aromatic carbocycles. The Bertz CT molecular complexity index is 720. The topological polar surface area (TPSA) is 99.5 Å². The number of amides is 2. The molecule has 1 unspecified atom stereocenters. The van der Waals surface area contributed by atoms with Crippen LogP contribution in [-0.4, -0.2) is 58.0 Å². The standard InChI is InChI=1S/C17H25N5O3/c1-11-8-13(21(2)20-11)22-7-4-12(14(22)23)19-15(24)16(5-3-6-16)17(25)9-18-10-17/h8,12,18,25H,3-7,9-10H2,1-2H3,(H,19,24). The van der Waals surface area contributed by atoms with Crippen LogP contribution in [0.5, 0.6) is 0 Å². The smallest absolute Gasteiger partial charge is 0.250 e. The lowest BCUT2D eigenvalue weighted by molar-refractivity contribution is -0.179. The first-order chi connectivity index (χ1) is 11.9. The third-order valence-electron chi connectivity index (χ3n) is 6.13. The number of hydrogen-bond acceptors (Lipinski definition) is 5. The van der Waals surface area contributed by atoms with Gasteiger partial charge in [-0.3, -0.25) is 19.2 Å². The molecule has 0 radical (unpaired) electrons. The van der Waals surface area contributed by atoms with Crippen LogP contribution in [0.25, 0.3) is 0 Å². The fourth-order valence-electron chi connectivity index (χ4n) is 4.32. The lowest BCUT2D eigenvalue weighted by Crippen LogP contribution is -2.74. The fourth-order valence-corrected chi connectivity index (χ4v) is 4.32. The molecule has 3 heterocycles. The molecule has 3 fully saturated rings. The first-order valence-electron chi connectivity index (χ1n) is 8.92. The van der Waals surface area contributed by atoms with Gasteiger partial charge in [0.05, 0.1) is 11.1 Å². The summed E-state index contributed by atoms with van der Waals surface area (Å²) in [7, 11) is 1.81. The molecule has 1 aromatic rings. The summed E-state index contributed by atoms with van der Waals surface area (Å²) in [6.45, 7) is 3.33. The van der Waals surface area contributed by atoms with Crippen LogP contribution < -0.4 is 15.5 Å². The number of hydrogen-bond donors (Lipinski definition) is 3. The summed E-state index contributed by atoms with van der Waals surface area (Å²) in [6, 6.07) is 1.34. The van der Waals surface area contributed by atoms with E-state index in [0.29, 0.717) is 38.9 Å². The summed E-state index contributed by atoms with van der Waals surface area (Å²) in [5.74, 6) is 0.466. The normalized spacial score (nSPS) is 26.9. The van der Waals surface area contributed by atoms with E-state index in [1.54, 1.807) is 9.58 Å². The van der Waals surface area contributed by atoms with Crippen LogP contribution in [0.15, 0.2) is 6.07 Å². The van der Waals surface area contributed by atoms with Crippen molar-refractivity contribution in [1.29, 1.82) is 0 Å². The molecule has 3 aliphatic rings. The van der Waals surface area contributed by atoms with Crippen molar-refractivity contribution in [3.05, 3.63) is 11.8 Å². The van der Waals surface area contributed by atoms with Gasteiger partial charge >= 0.3 is 0 Å². The Kier molecular flexibility index (Phi) is 3.66. The van der Waals surface area contributed by atoms with Crippen molar-refractivity contribution in [2.75, 3.05) is 24.5 Å². The number of carbonyl (C=O) groups is 2. The zero-order valence-electron chi connectivity index (χ0n) is 14.7. The maximum atomic E-state index is 12.9. The monoisotopic (exact) mass is 347 g/mol. The van der Waals surface area contributed by atoms with Gasteiger partial charge in [-0.25, -0.2) is 0 Å². The van der Waals surface area contributed by atoms with Gasteiger partial charge in [-0.2, -0.15) is 5.10 Å². The maximum absolute atomic E-state index is 12.9. The van der Waals surface area contributed by atoms with E-state index in [-0.39, 0.29) is 11.8 Å². The lowest BCUT2D eigenvalue weighted by Gasteiger charge is -2.56. The lowest BCUT2D eigenvalue weighted by atomic mass is 9.56. The summed E-state index contributed by atoms with van der Waals surface area (Å²) < 4.78 is 1.69. The van der Waals surface area contributed by atoms with Crippen molar-refractivity contribution >= 4 is 17.6 Å². The molecule has 2 saturated heterocycles. The minimum atomic E-state index is -0.976. The largest absolute Gasteiger partial charge is 0.386 e. The van der Waals surface area contributed by atoms with E-state index in [1.165, 1.54) is 0 Å². The van der Waals surface area contributed by atoms with Gasteiger partial charge in [-0.1, -0.05) is 6.42 Å². The second-order valence-electron chi connectivity index (χ2n) is 7.64. The van der Waals surface area contributed by atoms with Crippen molar-refractivity contribution < 1.29 is 14.7 Å². The first-order valence-corrected chi connectivity index (χ1v) is 8.92. The molecule has 4 rings (SSSR count). The van der Waals surface area contributed by atoms with Crippen LogP contribution in [0, 0.1) is 12.3 Å². The van der Waals surface area contributed by atoms with E-state index in [9.17, 15) is 14.7 Å². The average molecular weight is 347 g/mol. The molecule has 2 amide bonds. The van der Waals surface area contributed by atoms with Crippen molar-refractivity contribution in [1.82, 2.24) is 20.4 Å². The Labute approximate surface area is 146 Å². The van der Waals surface area contributed by atoms with Crippen LogP contribution in [0.2, 0.25) is 0 Å². The van der Waals surface area contributed by atoms with Gasteiger partial charge in [0, 0.05) is 32.7 Å². The van der Waals surface area contributed by atoms with E-state index < -0.39 is 17.1 Å². The van der Waals surface area contributed by atoms with Gasteiger partial charge in [0.1, 0.15) is 17.5 Å². The van der Waals surface area contributed by atoms with E-state index in [0.717, 1.165) is 17.9 Å². The van der Waals surface area contributed by atoms with Gasteiger partial charge in [0.15, 0.2) is 0 Å². The quantitative estimate of drug-likeness (QED) is 0.679. The average Bonchev–Trinajstić information content (AvgIpc) is 2.99. The highest BCUT2D eigenvalue weighted by Gasteiger charge is 2.62. The second-order valence-corrected chi connectivity index (χ2v) is 7.64. The molecule has 1 aromatic heterocycles. The van der Waals surface area contributed by atoms with Gasteiger partial charge in [0.2, 0.25) is 5.91 Å². The number of carbonyl (C=O) groups excluding carboxylic acids is 2. The van der Waals surface area contributed by atoms with Gasteiger partial charge in [0.25, 0.3) is 5.91 Å². The summed E-state index contributed by atoms with van der Waals surface area (Å²) in [4.78, 5) is 27.4. The summed E-state index contributed by atoms with van der Waals surface area (Å²) in [5.41, 5.74) is -0.865. The Morgan fingerprint density at radius 2 is 2.16 bits per heavy atom. The van der Waals surface area contributed by atoms with Crippen LogP contribution in [0.4, 0.5) is 5.82 Å². The molecule has 1 saturated carbocycles. The fraction of sp³-hybridized carbons (Fsp3) is 0.706. The molecule has 0 spiro atoms. The molecule has 0 bridgehead atoms.